The minimum Gasteiger partial charge on any atom is -0.350 e. The van der Waals surface area contributed by atoms with Crippen LogP contribution in [0.2, 0.25) is 0 Å². The zero-order valence-corrected chi connectivity index (χ0v) is 15.2. The highest BCUT2D eigenvalue weighted by atomic mass is 35.5. The van der Waals surface area contributed by atoms with Gasteiger partial charge in [0, 0.05) is 17.1 Å². The summed E-state index contributed by atoms with van der Waals surface area (Å²) in [6.07, 6.45) is 4.85. The molecule has 0 aliphatic carbocycles. The number of H-pyrrole nitrogens is 1. The van der Waals surface area contributed by atoms with Crippen LogP contribution in [0, 0.1) is 0 Å². The van der Waals surface area contributed by atoms with Gasteiger partial charge in [0.05, 0.1) is 0 Å². The highest BCUT2D eigenvalue weighted by molar-refractivity contribution is 6.00. The Kier molecular flexibility index (Phi) is 6.74. The Morgan fingerprint density at radius 1 is 1.08 bits per heavy atom. The van der Waals surface area contributed by atoms with Gasteiger partial charge in [-0.2, -0.15) is 0 Å². The van der Waals surface area contributed by atoms with Gasteiger partial charge in [-0.25, -0.2) is 0 Å². The largest absolute Gasteiger partial charge is 0.350 e. The second-order valence-electron chi connectivity index (χ2n) is 5.83. The maximum atomic E-state index is 12.1. The summed E-state index contributed by atoms with van der Waals surface area (Å²) in [5, 5.41) is 0.934. The first-order valence-corrected chi connectivity index (χ1v) is 8.30. The van der Waals surface area contributed by atoms with Crippen LogP contribution in [0.5, 0.6) is 0 Å². The number of hydrogen-bond acceptors (Lipinski definition) is 3. The molecule has 0 aliphatic rings. The summed E-state index contributed by atoms with van der Waals surface area (Å²) in [5.41, 5.74) is 7.38. The van der Waals surface area contributed by atoms with Gasteiger partial charge in [-0.3, -0.25) is 25.4 Å². The quantitative estimate of drug-likeness (QED) is 0.600. The van der Waals surface area contributed by atoms with Crippen molar-refractivity contribution in [1.82, 2.24) is 20.8 Å². The number of amides is 2. The first-order chi connectivity index (χ1) is 12.2. The van der Waals surface area contributed by atoms with Crippen molar-refractivity contribution in [2.24, 2.45) is 0 Å². The third kappa shape index (κ3) is 4.61. The van der Waals surface area contributed by atoms with E-state index in [0.717, 1.165) is 35.7 Å². The van der Waals surface area contributed by atoms with E-state index in [2.05, 4.69) is 27.7 Å². The van der Waals surface area contributed by atoms with Crippen molar-refractivity contribution in [3.05, 3.63) is 65.6 Å². The number of unbranched alkanes of at least 4 members (excludes halogenated alkanes) is 1. The number of nitrogens with zero attached hydrogens (tertiary/aromatic N) is 1. The summed E-state index contributed by atoms with van der Waals surface area (Å²) < 4.78 is 0. The molecule has 3 aromatic rings. The lowest BCUT2D eigenvalue weighted by Crippen LogP contribution is -2.42. The SMILES string of the molecule is CCCCc1ccc(C(=O)NNC(=O)c2cc3ccccc3[nH]2)nc1.Cl. The van der Waals surface area contributed by atoms with Crippen LogP contribution >= 0.6 is 12.4 Å². The Morgan fingerprint density at radius 3 is 2.54 bits per heavy atom. The molecule has 7 heteroatoms. The van der Waals surface area contributed by atoms with E-state index in [1.54, 1.807) is 18.3 Å². The molecule has 0 fully saturated rings. The normalized spacial score (nSPS) is 10.2. The van der Waals surface area contributed by atoms with Crippen molar-refractivity contribution in [1.29, 1.82) is 0 Å². The van der Waals surface area contributed by atoms with Gasteiger partial charge in [0.15, 0.2) is 0 Å². The number of para-hydroxylation sites is 1. The maximum Gasteiger partial charge on any atom is 0.288 e. The molecule has 0 spiro atoms. The number of carbonyl (C=O) groups excluding carboxylic acids is 2. The average Bonchev–Trinajstić information content (AvgIpc) is 3.09. The molecule has 3 N–H and O–H groups in total. The predicted molar refractivity (Wildman–Crippen MR) is 103 cm³/mol. The Morgan fingerprint density at radius 2 is 1.85 bits per heavy atom. The van der Waals surface area contributed by atoms with Crippen LogP contribution < -0.4 is 10.9 Å². The van der Waals surface area contributed by atoms with E-state index in [0.29, 0.717) is 5.69 Å². The van der Waals surface area contributed by atoms with E-state index in [1.165, 1.54) is 0 Å². The number of benzene rings is 1. The van der Waals surface area contributed by atoms with E-state index in [9.17, 15) is 9.59 Å². The molecule has 2 heterocycles. The minimum absolute atomic E-state index is 0. The molecule has 0 saturated carbocycles. The summed E-state index contributed by atoms with van der Waals surface area (Å²) >= 11 is 0. The van der Waals surface area contributed by atoms with Gasteiger partial charge in [0.2, 0.25) is 0 Å². The lowest BCUT2D eigenvalue weighted by Gasteiger charge is -2.06. The Labute approximate surface area is 157 Å². The number of aromatic amines is 1. The van der Waals surface area contributed by atoms with E-state index in [-0.39, 0.29) is 18.1 Å². The lowest BCUT2D eigenvalue weighted by molar-refractivity contribution is 0.0841. The van der Waals surface area contributed by atoms with E-state index < -0.39 is 11.8 Å². The molecule has 1 aromatic carbocycles. The fraction of sp³-hybridized carbons (Fsp3) is 0.211. The molecule has 0 bridgehead atoms. The molecule has 136 valence electrons. The van der Waals surface area contributed by atoms with Crippen LogP contribution in [-0.2, 0) is 6.42 Å². The highest BCUT2D eigenvalue weighted by Gasteiger charge is 2.12. The van der Waals surface area contributed by atoms with Gasteiger partial charge in [0.1, 0.15) is 11.4 Å². The Bertz CT molecular complexity index is 857. The molecule has 0 radical (unpaired) electrons. The van der Waals surface area contributed by atoms with Gasteiger partial charge in [-0.1, -0.05) is 37.6 Å². The molecule has 26 heavy (non-hydrogen) atoms. The van der Waals surface area contributed by atoms with Gasteiger partial charge < -0.3 is 4.98 Å². The monoisotopic (exact) mass is 372 g/mol. The standard InChI is InChI=1S/C19H20N4O2.ClH/c1-2-3-6-13-9-10-16(20-12-13)18(24)22-23-19(25)17-11-14-7-4-5-8-15(14)21-17;/h4-5,7-12,21H,2-3,6H2,1H3,(H,22,24)(H,23,25);1H. The van der Waals surface area contributed by atoms with Crippen molar-refractivity contribution >= 4 is 35.1 Å². The van der Waals surface area contributed by atoms with E-state index in [4.69, 9.17) is 0 Å². The third-order valence-corrected chi connectivity index (χ3v) is 3.94. The molecular weight excluding hydrogens is 352 g/mol. The number of hydrogen-bond donors (Lipinski definition) is 3. The number of rotatable bonds is 5. The Balaban J connectivity index is 0.00000243. The molecule has 6 nitrogen and oxygen atoms in total. The number of fused-ring (bicyclic) bond motifs is 1. The smallest absolute Gasteiger partial charge is 0.288 e. The topological polar surface area (TPSA) is 86.9 Å². The van der Waals surface area contributed by atoms with Crippen molar-refractivity contribution < 1.29 is 9.59 Å². The lowest BCUT2D eigenvalue weighted by atomic mass is 10.1. The van der Waals surface area contributed by atoms with Crippen LogP contribution in [0.4, 0.5) is 0 Å². The Hall–Kier alpha value is -2.86. The van der Waals surface area contributed by atoms with Crippen molar-refractivity contribution in [3.8, 4) is 0 Å². The van der Waals surface area contributed by atoms with Gasteiger partial charge >= 0.3 is 0 Å². The third-order valence-electron chi connectivity index (χ3n) is 3.94. The van der Waals surface area contributed by atoms with Gasteiger partial charge in [-0.05, 0) is 36.6 Å². The maximum absolute atomic E-state index is 12.1. The zero-order valence-electron chi connectivity index (χ0n) is 14.4. The number of carbonyl (C=O) groups is 2. The summed E-state index contributed by atoms with van der Waals surface area (Å²) in [7, 11) is 0. The summed E-state index contributed by atoms with van der Waals surface area (Å²) in [4.78, 5) is 31.4. The predicted octanol–water partition coefficient (Wildman–Crippen LogP) is 3.40. The van der Waals surface area contributed by atoms with Gasteiger partial charge in [0.25, 0.3) is 11.8 Å². The number of hydrazine groups is 1. The zero-order chi connectivity index (χ0) is 17.6. The van der Waals surface area contributed by atoms with Crippen LogP contribution in [0.15, 0.2) is 48.7 Å². The van der Waals surface area contributed by atoms with Crippen LogP contribution in [-0.4, -0.2) is 21.8 Å². The number of aromatic nitrogens is 2. The molecule has 0 saturated heterocycles. The fourth-order valence-corrected chi connectivity index (χ4v) is 2.53. The first kappa shape index (κ1) is 19.5. The number of nitrogens with one attached hydrogen (secondary N) is 3. The second kappa shape index (κ2) is 9.01. The van der Waals surface area contributed by atoms with Crippen molar-refractivity contribution in [2.45, 2.75) is 26.2 Å². The van der Waals surface area contributed by atoms with E-state index >= 15 is 0 Å². The summed E-state index contributed by atoms with van der Waals surface area (Å²) in [6.45, 7) is 2.13. The summed E-state index contributed by atoms with van der Waals surface area (Å²) in [5.74, 6) is -0.865. The molecule has 0 aliphatic heterocycles. The number of aryl methyl sites for hydroxylation is 1. The molecule has 2 aromatic heterocycles. The number of halogens is 1. The molecular formula is C19H21ClN4O2. The van der Waals surface area contributed by atoms with Crippen LogP contribution in [0.25, 0.3) is 10.9 Å². The van der Waals surface area contributed by atoms with Crippen molar-refractivity contribution in [3.63, 3.8) is 0 Å². The second-order valence-corrected chi connectivity index (χ2v) is 5.83. The summed E-state index contributed by atoms with van der Waals surface area (Å²) in [6, 6.07) is 12.9. The van der Waals surface area contributed by atoms with Crippen LogP contribution in [0.1, 0.15) is 46.3 Å². The molecule has 3 rings (SSSR count). The van der Waals surface area contributed by atoms with Crippen molar-refractivity contribution in [2.75, 3.05) is 0 Å². The van der Waals surface area contributed by atoms with Gasteiger partial charge in [-0.15, -0.1) is 12.4 Å². The average molecular weight is 373 g/mol. The fourth-order valence-electron chi connectivity index (χ4n) is 2.53. The highest BCUT2D eigenvalue weighted by Crippen LogP contribution is 2.14. The minimum atomic E-state index is -0.452. The van der Waals surface area contributed by atoms with Crippen LogP contribution in [0.3, 0.4) is 0 Å². The molecule has 0 atom stereocenters. The molecule has 0 unspecified atom stereocenters. The number of pyridine rings is 1. The van der Waals surface area contributed by atoms with E-state index in [1.807, 2.05) is 30.3 Å². The molecule has 2 amide bonds. The first-order valence-electron chi connectivity index (χ1n) is 8.30.